The van der Waals surface area contributed by atoms with Crippen molar-refractivity contribution in [3.8, 4) is 0 Å². The first-order chi connectivity index (χ1) is 11.8. The lowest BCUT2D eigenvalue weighted by Crippen LogP contribution is -2.21. The summed E-state index contributed by atoms with van der Waals surface area (Å²) in [6, 6.07) is 18.7. The molecule has 1 aliphatic carbocycles. The quantitative estimate of drug-likeness (QED) is 0.626. The van der Waals surface area contributed by atoms with E-state index in [1.807, 2.05) is 18.2 Å². The number of carbonyl (C=O) groups excluding carboxylic acids is 1. The molecule has 3 rings (SSSR count). The van der Waals surface area contributed by atoms with Crippen molar-refractivity contribution < 1.29 is 4.79 Å². The molecular weight excluding hydrogens is 298 g/mol. The first kappa shape index (κ1) is 16.2. The Kier molecular flexibility index (Phi) is 5.26. The summed E-state index contributed by atoms with van der Waals surface area (Å²) in [5.41, 5.74) is 6.05. The number of carbonyl (C=O) groups is 1. The third kappa shape index (κ3) is 4.44. The van der Waals surface area contributed by atoms with Gasteiger partial charge >= 0.3 is 0 Å². The first-order valence-corrected chi connectivity index (χ1v) is 8.48. The molecule has 0 saturated heterocycles. The van der Waals surface area contributed by atoms with Crippen molar-refractivity contribution in [2.45, 2.75) is 26.3 Å². The van der Waals surface area contributed by atoms with Crippen LogP contribution in [0.25, 0.3) is 0 Å². The molecule has 1 saturated carbocycles. The number of hydrogen-bond donors (Lipinski definition) is 1. The van der Waals surface area contributed by atoms with Gasteiger partial charge in [0.1, 0.15) is 0 Å². The molecule has 4 heteroatoms. The van der Waals surface area contributed by atoms with Crippen molar-refractivity contribution in [3.63, 3.8) is 0 Å². The molecule has 0 heterocycles. The van der Waals surface area contributed by atoms with Crippen molar-refractivity contribution in [1.29, 1.82) is 0 Å². The second-order valence-electron chi connectivity index (χ2n) is 6.10. The number of rotatable bonds is 7. The van der Waals surface area contributed by atoms with Gasteiger partial charge in [0, 0.05) is 24.7 Å². The number of anilines is 1. The van der Waals surface area contributed by atoms with Crippen molar-refractivity contribution in [3.05, 3.63) is 65.7 Å². The van der Waals surface area contributed by atoms with Crippen molar-refractivity contribution in [2.75, 3.05) is 11.4 Å². The zero-order chi connectivity index (χ0) is 16.8. The standard InChI is InChI=1S/C20H23N3O/c1-2-23(15-17-6-4-3-5-7-17)19-12-8-16(9-13-19)14-21-22-20(24)18-10-11-18/h3-9,12-14,18H,2,10-11,15H2,1H3,(H,22,24). The highest BCUT2D eigenvalue weighted by atomic mass is 16.2. The first-order valence-electron chi connectivity index (χ1n) is 8.48. The third-order valence-corrected chi connectivity index (χ3v) is 4.19. The fraction of sp³-hybridized carbons (Fsp3) is 0.300. The van der Waals surface area contributed by atoms with Gasteiger partial charge in [-0.25, -0.2) is 5.43 Å². The third-order valence-electron chi connectivity index (χ3n) is 4.19. The molecule has 0 unspecified atom stereocenters. The molecule has 0 aromatic heterocycles. The number of nitrogens with one attached hydrogen (secondary N) is 1. The Bertz CT molecular complexity index is 691. The van der Waals surface area contributed by atoms with E-state index in [4.69, 9.17) is 0 Å². The largest absolute Gasteiger partial charge is 0.367 e. The molecule has 4 nitrogen and oxygen atoms in total. The van der Waals surface area contributed by atoms with E-state index in [0.717, 1.165) is 31.5 Å². The predicted octanol–water partition coefficient (Wildman–Crippen LogP) is 3.57. The van der Waals surface area contributed by atoms with Crippen LogP contribution in [0.1, 0.15) is 30.9 Å². The number of benzene rings is 2. The molecule has 0 atom stereocenters. The minimum atomic E-state index is 0.0305. The van der Waals surface area contributed by atoms with E-state index in [-0.39, 0.29) is 11.8 Å². The van der Waals surface area contributed by atoms with E-state index in [2.05, 4.69) is 58.7 Å². The summed E-state index contributed by atoms with van der Waals surface area (Å²) in [6.07, 6.45) is 3.67. The van der Waals surface area contributed by atoms with E-state index >= 15 is 0 Å². The highest BCUT2D eigenvalue weighted by Crippen LogP contribution is 2.28. The Labute approximate surface area is 143 Å². The second kappa shape index (κ2) is 7.77. The Morgan fingerprint density at radius 1 is 1.17 bits per heavy atom. The number of hydrazone groups is 1. The van der Waals surface area contributed by atoms with Crippen molar-refractivity contribution in [2.24, 2.45) is 11.0 Å². The van der Waals surface area contributed by atoms with Gasteiger partial charge in [-0.3, -0.25) is 4.79 Å². The van der Waals surface area contributed by atoms with Gasteiger partial charge in [-0.1, -0.05) is 42.5 Å². The lowest BCUT2D eigenvalue weighted by atomic mass is 10.1. The highest BCUT2D eigenvalue weighted by Gasteiger charge is 2.29. The zero-order valence-corrected chi connectivity index (χ0v) is 14.0. The predicted molar refractivity (Wildman–Crippen MR) is 98.1 cm³/mol. The molecule has 0 spiro atoms. The van der Waals surface area contributed by atoms with Crippen LogP contribution in [0.5, 0.6) is 0 Å². The van der Waals surface area contributed by atoms with Crippen molar-refractivity contribution >= 4 is 17.8 Å². The molecule has 1 amide bonds. The molecular formula is C20H23N3O. The molecule has 0 radical (unpaired) electrons. The molecule has 1 N–H and O–H groups in total. The summed E-state index contributed by atoms with van der Waals surface area (Å²) < 4.78 is 0. The van der Waals surface area contributed by atoms with Crippen LogP contribution in [-0.4, -0.2) is 18.7 Å². The summed E-state index contributed by atoms with van der Waals surface area (Å²) in [4.78, 5) is 13.8. The summed E-state index contributed by atoms with van der Waals surface area (Å²) in [5.74, 6) is 0.212. The van der Waals surface area contributed by atoms with Crippen LogP contribution in [0.2, 0.25) is 0 Å². The Morgan fingerprint density at radius 2 is 1.88 bits per heavy atom. The molecule has 1 aliphatic rings. The Balaban J connectivity index is 1.59. The summed E-state index contributed by atoms with van der Waals surface area (Å²) in [5, 5.41) is 4.03. The zero-order valence-electron chi connectivity index (χ0n) is 14.0. The lowest BCUT2D eigenvalue weighted by molar-refractivity contribution is -0.122. The maximum Gasteiger partial charge on any atom is 0.243 e. The number of amides is 1. The van der Waals surface area contributed by atoms with Crippen LogP contribution < -0.4 is 10.3 Å². The van der Waals surface area contributed by atoms with Gasteiger partial charge in [0.2, 0.25) is 5.91 Å². The van der Waals surface area contributed by atoms with E-state index < -0.39 is 0 Å². The van der Waals surface area contributed by atoms with E-state index in [1.54, 1.807) is 6.21 Å². The van der Waals surface area contributed by atoms with Gasteiger partial charge < -0.3 is 4.90 Å². The summed E-state index contributed by atoms with van der Waals surface area (Å²) in [6.45, 7) is 3.99. The number of hydrogen-bond acceptors (Lipinski definition) is 3. The van der Waals surface area contributed by atoms with Crippen LogP contribution in [0.4, 0.5) is 5.69 Å². The second-order valence-corrected chi connectivity index (χ2v) is 6.10. The van der Waals surface area contributed by atoms with Crippen LogP contribution in [0, 0.1) is 5.92 Å². The van der Waals surface area contributed by atoms with Crippen molar-refractivity contribution in [1.82, 2.24) is 5.43 Å². The molecule has 0 bridgehead atoms. The monoisotopic (exact) mass is 321 g/mol. The highest BCUT2D eigenvalue weighted by molar-refractivity contribution is 5.84. The summed E-state index contributed by atoms with van der Waals surface area (Å²) >= 11 is 0. The molecule has 2 aromatic rings. The molecule has 0 aliphatic heterocycles. The lowest BCUT2D eigenvalue weighted by Gasteiger charge is -2.23. The van der Waals surface area contributed by atoms with Crippen LogP contribution in [-0.2, 0) is 11.3 Å². The van der Waals surface area contributed by atoms with Crippen LogP contribution in [0.3, 0.4) is 0 Å². The molecule has 24 heavy (non-hydrogen) atoms. The van der Waals surface area contributed by atoms with Crippen LogP contribution in [0.15, 0.2) is 59.7 Å². The van der Waals surface area contributed by atoms with E-state index in [1.165, 1.54) is 11.3 Å². The average Bonchev–Trinajstić information content (AvgIpc) is 3.46. The maximum absolute atomic E-state index is 11.5. The van der Waals surface area contributed by atoms with Gasteiger partial charge in [0.05, 0.1) is 6.21 Å². The van der Waals surface area contributed by atoms with Gasteiger partial charge in [-0.2, -0.15) is 5.10 Å². The molecule has 124 valence electrons. The normalized spacial score (nSPS) is 13.9. The van der Waals surface area contributed by atoms with Gasteiger partial charge in [-0.15, -0.1) is 0 Å². The molecule has 2 aromatic carbocycles. The maximum atomic E-state index is 11.5. The summed E-state index contributed by atoms with van der Waals surface area (Å²) in [7, 11) is 0. The SMILES string of the molecule is CCN(Cc1ccccc1)c1ccc(C=NNC(=O)C2CC2)cc1. The number of nitrogens with zero attached hydrogens (tertiary/aromatic N) is 2. The van der Waals surface area contributed by atoms with Gasteiger partial charge in [-0.05, 0) is 43.0 Å². The van der Waals surface area contributed by atoms with E-state index in [0.29, 0.717) is 0 Å². The van der Waals surface area contributed by atoms with Gasteiger partial charge in [0.25, 0.3) is 0 Å². The fourth-order valence-electron chi connectivity index (χ4n) is 2.57. The fourth-order valence-corrected chi connectivity index (χ4v) is 2.57. The Morgan fingerprint density at radius 3 is 2.50 bits per heavy atom. The smallest absolute Gasteiger partial charge is 0.243 e. The van der Waals surface area contributed by atoms with E-state index in [9.17, 15) is 4.79 Å². The minimum Gasteiger partial charge on any atom is -0.367 e. The van der Waals surface area contributed by atoms with Gasteiger partial charge in [0.15, 0.2) is 0 Å². The average molecular weight is 321 g/mol. The Hall–Kier alpha value is -2.62. The minimum absolute atomic E-state index is 0.0305. The van der Waals surface area contributed by atoms with Crippen LogP contribution >= 0.6 is 0 Å². The molecule has 1 fully saturated rings. The topological polar surface area (TPSA) is 44.7 Å².